The van der Waals surface area contributed by atoms with Gasteiger partial charge in [-0.05, 0) is 95.0 Å². The van der Waals surface area contributed by atoms with Crippen LogP contribution in [-0.2, 0) is 0 Å². The van der Waals surface area contributed by atoms with Gasteiger partial charge in [0.05, 0.1) is 0 Å². The molecule has 0 aromatic heterocycles. The quantitative estimate of drug-likeness (QED) is 0.297. The van der Waals surface area contributed by atoms with Gasteiger partial charge in [0, 0.05) is 41.1 Å². The maximum absolute atomic E-state index is 11.8. The number of guanidine groups is 2. The summed E-state index contributed by atoms with van der Waals surface area (Å²) in [6.45, 7) is 13.3. The largest absolute Gasteiger partial charge is 0.369 e. The van der Waals surface area contributed by atoms with Crippen LogP contribution >= 0.6 is 23.2 Å². The third-order valence-corrected chi connectivity index (χ3v) is 5.63. The maximum Gasteiger partial charge on any atom is 0.344 e. The van der Waals surface area contributed by atoms with Crippen LogP contribution in [0.3, 0.4) is 0 Å². The molecule has 0 aliphatic rings. The summed E-state index contributed by atoms with van der Waals surface area (Å²) >= 11 is 12.0. The van der Waals surface area contributed by atoms with Crippen molar-refractivity contribution in [2.45, 2.75) is 54.0 Å². The average molecular weight is 566 g/mol. The number of nitrogens with zero attached hydrogens (tertiary/aromatic N) is 4. The number of rotatable bonds is 2. The number of carbonyl (C=O) groups excluding carboxylic acids is 2. The van der Waals surface area contributed by atoms with Crippen molar-refractivity contribution < 1.29 is 9.59 Å². The van der Waals surface area contributed by atoms with E-state index in [1.807, 2.05) is 72.7 Å². The molecular weight excluding hydrogens is 527 g/mol. The molecule has 4 amide bonds. The van der Waals surface area contributed by atoms with Crippen molar-refractivity contribution in [2.75, 3.05) is 23.9 Å². The molecule has 0 unspecified atom stereocenters. The molecule has 38 heavy (non-hydrogen) atoms. The van der Waals surface area contributed by atoms with Gasteiger partial charge in [0.25, 0.3) is 0 Å². The summed E-state index contributed by atoms with van der Waals surface area (Å²) < 4.78 is 0. The number of aliphatic imine (C=N–C) groups is 2. The Labute approximate surface area is 234 Å². The van der Waals surface area contributed by atoms with Gasteiger partial charge in [0.2, 0.25) is 11.9 Å². The van der Waals surface area contributed by atoms with Crippen LogP contribution in [0.1, 0.15) is 43.0 Å². The monoisotopic (exact) mass is 564 g/mol. The van der Waals surface area contributed by atoms with E-state index in [1.165, 1.54) is 0 Å². The molecule has 12 heteroatoms. The van der Waals surface area contributed by atoms with E-state index >= 15 is 0 Å². The normalized spacial score (nSPS) is 11.9. The molecule has 2 rings (SSSR count). The van der Waals surface area contributed by atoms with E-state index in [0.717, 1.165) is 33.6 Å². The lowest BCUT2D eigenvalue weighted by Crippen LogP contribution is -2.42. The first kappa shape index (κ1) is 32.5. The maximum atomic E-state index is 11.8. The number of aryl methyl sites for hydroxylation is 4. The Balaban J connectivity index is 0.000000389. The second kappa shape index (κ2) is 13.3. The molecule has 0 saturated carbocycles. The van der Waals surface area contributed by atoms with Crippen molar-refractivity contribution >= 4 is 58.6 Å². The highest BCUT2D eigenvalue weighted by Crippen LogP contribution is 2.28. The van der Waals surface area contributed by atoms with Gasteiger partial charge in [-0.3, -0.25) is 0 Å². The lowest BCUT2D eigenvalue weighted by atomic mass is 10.1. The highest BCUT2D eigenvalue weighted by Gasteiger charge is 2.17. The van der Waals surface area contributed by atoms with Crippen LogP contribution in [0.5, 0.6) is 0 Å². The highest BCUT2D eigenvalue weighted by molar-refractivity contribution is 6.31. The van der Waals surface area contributed by atoms with Crippen molar-refractivity contribution in [2.24, 2.45) is 27.2 Å². The Hall–Kier alpha value is -3.50. The Morgan fingerprint density at radius 1 is 0.737 bits per heavy atom. The molecule has 0 atom stereocenters. The minimum Gasteiger partial charge on any atom is -0.369 e. The van der Waals surface area contributed by atoms with Crippen molar-refractivity contribution in [3.05, 3.63) is 56.6 Å². The fourth-order valence-electron chi connectivity index (χ4n) is 3.81. The van der Waals surface area contributed by atoms with Gasteiger partial charge >= 0.3 is 12.1 Å². The molecule has 2 aromatic rings. The first-order chi connectivity index (χ1) is 17.3. The second-order valence-electron chi connectivity index (χ2n) is 9.85. The number of urea groups is 2. The van der Waals surface area contributed by atoms with Crippen molar-refractivity contribution in [1.82, 2.24) is 5.32 Å². The van der Waals surface area contributed by atoms with Crippen LogP contribution in [0, 0.1) is 27.7 Å². The molecule has 0 bridgehead atoms. The minimum atomic E-state index is -0.821. The fraction of sp³-hybridized carbons (Fsp3) is 0.385. The van der Waals surface area contributed by atoms with E-state index < -0.39 is 12.1 Å². The summed E-state index contributed by atoms with van der Waals surface area (Å²) in [4.78, 5) is 33.1. The molecule has 7 N–H and O–H groups in total. The Kier molecular flexibility index (Phi) is 11.4. The van der Waals surface area contributed by atoms with E-state index in [-0.39, 0.29) is 17.5 Å². The number of hydrogen-bond acceptors (Lipinski definition) is 2. The zero-order chi connectivity index (χ0) is 29.5. The Bertz CT molecular complexity index is 1210. The SMILES string of the molecule is Cc1cc(Cl)cc(C)c1N(C)/C(N)=N\C(=O)NC(C)(C)C.Cc1cc(Cl)cc(C)c1N(C)/C(N)=N\C(N)=O. The molecular formula is C26H38Cl2N8O2. The number of nitrogens with one attached hydrogen (secondary N) is 1. The number of carbonyl (C=O) groups is 2. The van der Waals surface area contributed by atoms with E-state index in [9.17, 15) is 9.59 Å². The third-order valence-electron chi connectivity index (χ3n) is 5.19. The summed E-state index contributed by atoms with van der Waals surface area (Å²) in [7, 11) is 3.48. The number of anilines is 2. The minimum absolute atomic E-state index is 0.0472. The molecule has 2 aromatic carbocycles. The van der Waals surface area contributed by atoms with Crippen LogP contribution < -0.4 is 32.3 Å². The van der Waals surface area contributed by atoms with Crippen LogP contribution in [0.25, 0.3) is 0 Å². The predicted molar refractivity (Wildman–Crippen MR) is 160 cm³/mol. The topological polar surface area (TPSA) is 155 Å². The first-order valence-corrected chi connectivity index (χ1v) is 12.4. The van der Waals surface area contributed by atoms with Gasteiger partial charge in [0.15, 0.2) is 0 Å². The molecule has 0 spiro atoms. The van der Waals surface area contributed by atoms with Crippen LogP contribution in [-0.4, -0.2) is 43.6 Å². The zero-order valence-corrected chi connectivity index (χ0v) is 24.9. The summed E-state index contributed by atoms with van der Waals surface area (Å²) in [5.74, 6) is 0.177. The van der Waals surface area contributed by atoms with Gasteiger partial charge in [-0.15, -0.1) is 0 Å². The molecule has 208 valence electrons. The number of amides is 4. The molecule has 0 aliphatic carbocycles. The highest BCUT2D eigenvalue weighted by atomic mass is 35.5. The second-order valence-corrected chi connectivity index (χ2v) is 10.7. The van der Waals surface area contributed by atoms with Crippen LogP contribution in [0.2, 0.25) is 10.0 Å². The van der Waals surface area contributed by atoms with E-state index in [2.05, 4.69) is 15.3 Å². The smallest absolute Gasteiger partial charge is 0.344 e. The Morgan fingerprint density at radius 3 is 1.34 bits per heavy atom. The number of halogens is 2. The standard InChI is InChI=1S/C15H23ClN4O.C11H15ClN4O/c1-9-7-11(16)8-10(2)12(9)20(6)13(17)18-14(21)19-15(3,4)5;1-6-4-8(12)5-7(2)9(6)16(3)10(13)15-11(14)17/h7-8H,1-6H3,(H3,17,18,19,21);4-5H,1-3H3,(H4,13,14,15,17). The van der Waals surface area contributed by atoms with Crippen molar-refractivity contribution in [3.63, 3.8) is 0 Å². The van der Waals surface area contributed by atoms with Gasteiger partial charge in [0.1, 0.15) is 0 Å². The van der Waals surface area contributed by atoms with Crippen LogP contribution in [0.4, 0.5) is 21.0 Å². The molecule has 0 heterocycles. The van der Waals surface area contributed by atoms with Gasteiger partial charge in [-0.1, -0.05) is 23.2 Å². The summed E-state index contributed by atoms with van der Waals surface area (Å²) in [5.41, 5.74) is 21.8. The molecule has 0 aliphatic heterocycles. The van der Waals surface area contributed by atoms with Gasteiger partial charge in [-0.2, -0.15) is 9.98 Å². The molecule has 10 nitrogen and oxygen atoms in total. The third kappa shape index (κ3) is 9.75. The Morgan fingerprint density at radius 2 is 1.05 bits per heavy atom. The van der Waals surface area contributed by atoms with Crippen molar-refractivity contribution in [1.29, 1.82) is 0 Å². The van der Waals surface area contributed by atoms with Crippen LogP contribution in [0.15, 0.2) is 34.3 Å². The fourth-order valence-corrected chi connectivity index (χ4v) is 4.46. The number of benzene rings is 2. The number of primary amides is 1. The molecule has 0 saturated heterocycles. The number of nitrogens with two attached hydrogens (primary N) is 3. The summed E-state index contributed by atoms with van der Waals surface area (Å²) in [6, 6.07) is 6.05. The lowest BCUT2D eigenvalue weighted by molar-refractivity contribution is 0.240. The summed E-state index contributed by atoms with van der Waals surface area (Å²) in [6.07, 6.45) is 0. The first-order valence-electron chi connectivity index (χ1n) is 11.6. The van der Waals surface area contributed by atoms with Gasteiger partial charge < -0.3 is 32.3 Å². The number of hydrogen-bond donors (Lipinski definition) is 4. The van der Waals surface area contributed by atoms with E-state index in [4.69, 9.17) is 40.4 Å². The predicted octanol–water partition coefficient (Wildman–Crippen LogP) is 5.00. The van der Waals surface area contributed by atoms with Crippen molar-refractivity contribution in [3.8, 4) is 0 Å². The molecule has 0 radical (unpaired) electrons. The van der Waals surface area contributed by atoms with E-state index in [1.54, 1.807) is 23.9 Å². The zero-order valence-electron chi connectivity index (χ0n) is 23.4. The molecule has 0 fully saturated rings. The lowest BCUT2D eigenvalue weighted by Gasteiger charge is -2.23. The average Bonchev–Trinajstić information content (AvgIpc) is 2.70. The van der Waals surface area contributed by atoms with Gasteiger partial charge in [-0.25, -0.2) is 9.59 Å². The summed E-state index contributed by atoms with van der Waals surface area (Å²) in [5, 5.41) is 4.07. The van der Waals surface area contributed by atoms with E-state index in [0.29, 0.717) is 10.0 Å².